The molecule has 1 amide bonds. The third-order valence-corrected chi connectivity index (χ3v) is 7.58. The number of carbonyl (C=O) groups is 1. The number of aryl methyl sites for hydroxylation is 1. The first kappa shape index (κ1) is 25.2. The topological polar surface area (TPSA) is 133 Å². The predicted molar refractivity (Wildman–Crippen MR) is 142 cm³/mol. The summed E-state index contributed by atoms with van der Waals surface area (Å²) in [7, 11) is 1.88. The Hall–Kier alpha value is -4.09. The second kappa shape index (κ2) is 9.90. The maximum atomic E-state index is 13.4. The van der Waals surface area contributed by atoms with E-state index in [1.807, 2.05) is 57.6 Å². The molecule has 202 valence electrons. The molecule has 1 fully saturated rings. The predicted octanol–water partition coefficient (Wildman–Crippen LogP) is 3.29. The number of imidazole rings is 1. The average Bonchev–Trinajstić information content (AvgIpc) is 3.65. The van der Waals surface area contributed by atoms with Crippen molar-refractivity contribution in [2.75, 3.05) is 13.2 Å². The molecule has 1 saturated carbocycles. The van der Waals surface area contributed by atoms with Gasteiger partial charge in [0.05, 0.1) is 36.6 Å². The summed E-state index contributed by atoms with van der Waals surface area (Å²) in [6.45, 7) is 4.38. The lowest BCUT2D eigenvalue weighted by Crippen LogP contribution is -2.33. The van der Waals surface area contributed by atoms with Crippen LogP contribution in [0.5, 0.6) is 0 Å². The standard InChI is InChI=1S/C28H31N7O4/c1-17-4-7-28(2,27-31-26(39-33-27)19-12-20(13-19)38-11-10-36)15-22(17)30-25(37)23-16-29-24-14-18(5-9-35(23)24)21-6-8-34(3)32-21/h4-9,14,16,19-20,36H,10-13,15H2,1-3H3,(H,30,37). The highest BCUT2D eigenvalue weighted by molar-refractivity contribution is 5.94. The third kappa shape index (κ3) is 4.79. The van der Waals surface area contributed by atoms with Gasteiger partial charge in [-0.2, -0.15) is 10.1 Å². The molecule has 4 aromatic heterocycles. The minimum absolute atomic E-state index is 0.0204. The molecule has 1 unspecified atom stereocenters. The first-order valence-corrected chi connectivity index (χ1v) is 13.1. The van der Waals surface area contributed by atoms with Gasteiger partial charge in [-0.05, 0) is 50.5 Å². The van der Waals surface area contributed by atoms with Crippen LogP contribution in [-0.4, -0.2) is 59.6 Å². The maximum absolute atomic E-state index is 13.4. The molecule has 0 spiro atoms. The quantitative estimate of drug-likeness (QED) is 0.355. The Morgan fingerprint density at radius 1 is 1.31 bits per heavy atom. The van der Waals surface area contributed by atoms with E-state index in [4.69, 9.17) is 19.4 Å². The molecular formula is C28H31N7O4. The van der Waals surface area contributed by atoms with E-state index in [-0.39, 0.29) is 24.5 Å². The van der Waals surface area contributed by atoms with Crippen molar-refractivity contribution < 1.29 is 19.2 Å². The Morgan fingerprint density at radius 2 is 2.15 bits per heavy atom. The fourth-order valence-corrected chi connectivity index (χ4v) is 5.11. The Morgan fingerprint density at radius 3 is 2.92 bits per heavy atom. The number of pyridine rings is 1. The summed E-state index contributed by atoms with van der Waals surface area (Å²) in [6, 6.07) is 5.78. The van der Waals surface area contributed by atoms with Crippen molar-refractivity contribution >= 4 is 11.6 Å². The van der Waals surface area contributed by atoms with Gasteiger partial charge in [0.25, 0.3) is 5.91 Å². The normalized spacial score (nSPS) is 22.9. The van der Waals surface area contributed by atoms with Gasteiger partial charge in [-0.1, -0.05) is 17.3 Å². The van der Waals surface area contributed by atoms with E-state index < -0.39 is 5.41 Å². The number of ether oxygens (including phenoxy) is 1. The molecule has 2 aliphatic carbocycles. The van der Waals surface area contributed by atoms with Crippen LogP contribution in [0.4, 0.5) is 0 Å². The molecule has 2 N–H and O–H groups in total. The number of hydrogen-bond donors (Lipinski definition) is 2. The highest BCUT2D eigenvalue weighted by Gasteiger charge is 2.38. The number of allylic oxidation sites excluding steroid dienone is 4. The van der Waals surface area contributed by atoms with Crippen LogP contribution in [0.1, 0.15) is 61.2 Å². The molecule has 0 saturated heterocycles. The van der Waals surface area contributed by atoms with Crippen molar-refractivity contribution in [3.63, 3.8) is 0 Å². The number of amides is 1. The van der Waals surface area contributed by atoms with Gasteiger partial charge in [0.1, 0.15) is 11.3 Å². The maximum Gasteiger partial charge on any atom is 0.274 e. The molecule has 11 nitrogen and oxygen atoms in total. The number of hydrogen-bond acceptors (Lipinski definition) is 8. The van der Waals surface area contributed by atoms with Crippen molar-refractivity contribution in [2.45, 2.75) is 50.5 Å². The Balaban J connectivity index is 1.15. The van der Waals surface area contributed by atoms with E-state index in [2.05, 4.69) is 26.6 Å². The van der Waals surface area contributed by atoms with E-state index in [0.717, 1.165) is 35.4 Å². The van der Waals surface area contributed by atoms with Gasteiger partial charge in [0.2, 0.25) is 5.89 Å². The molecular weight excluding hydrogens is 498 g/mol. The van der Waals surface area contributed by atoms with Crippen LogP contribution in [-0.2, 0) is 17.2 Å². The first-order valence-electron chi connectivity index (χ1n) is 13.1. The number of aliphatic hydroxyl groups is 1. The zero-order chi connectivity index (χ0) is 27.1. The summed E-state index contributed by atoms with van der Waals surface area (Å²) >= 11 is 0. The van der Waals surface area contributed by atoms with Gasteiger partial charge >= 0.3 is 0 Å². The Bertz CT molecular complexity index is 1590. The second-order valence-electron chi connectivity index (χ2n) is 10.5. The summed E-state index contributed by atoms with van der Waals surface area (Å²) in [5, 5.41) is 20.8. The molecule has 39 heavy (non-hydrogen) atoms. The second-order valence-corrected chi connectivity index (χ2v) is 10.5. The molecule has 0 aliphatic heterocycles. The molecule has 1 atom stereocenters. The first-order chi connectivity index (χ1) is 18.8. The van der Waals surface area contributed by atoms with Crippen LogP contribution >= 0.6 is 0 Å². The van der Waals surface area contributed by atoms with E-state index in [9.17, 15) is 4.79 Å². The minimum atomic E-state index is -0.530. The van der Waals surface area contributed by atoms with Crippen LogP contribution in [0.25, 0.3) is 16.9 Å². The van der Waals surface area contributed by atoms with Gasteiger partial charge in [0.15, 0.2) is 5.82 Å². The highest BCUT2D eigenvalue weighted by Crippen LogP contribution is 2.40. The number of aliphatic hydroxyl groups excluding tert-OH is 1. The number of fused-ring (bicyclic) bond motifs is 1. The Kier molecular flexibility index (Phi) is 6.40. The van der Waals surface area contributed by atoms with Crippen molar-refractivity contribution in [1.82, 2.24) is 34.6 Å². The average molecular weight is 530 g/mol. The van der Waals surface area contributed by atoms with Crippen LogP contribution in [0.3, 0.4) is 0 Å². The van der Waals surface area contributed by atoms with Crippen LogP contribution in [0, 0.1) is 0 Å². The summed E-state index contributed by atoms with van der Waals surface area (Å²) in [5.74, 6) is 1.12. The largest absolute Gasteiger partial charge is 0.394 e. The van der Waals surface area contributed by atoms with Gasteiger partial charge in [0, 0.05) is 43.0 Å². The van der Waals surface area contributed by atoms with E-state index in [1.165, 1.54) is 0 Å². The zero-order valence-corrected chi connectivity index (χ0v) is 22.2. The van der Waals surface area contributed by atoms with Crippen molar-refractivity contribution in [2.24, 2.45) is 7.05 Å². The van der Waals surface area contributed by atoms with Crippen molar-refractivity contribution in [3.8, 4) is 11.3 Å². The molecule has 4 aromatic rings. The molecule has 4 heterocycles. The number of nitrogens with one attached hydrogen (secondary N) is 1. The molecule has 0 radical (unpaired) electrons. The van der Waals surface area contributed by atoms with Crippen LogP contribution < -0.4 is 5.32 Å². The highest BCUT2D eigenvalue weighted by atomic mass is 16.5. The van der Waals surface area contributed by atoms with Crippen molar-refractivity contribution in [3.05, 3.63) is 77.6 Å². The monoisotopic (exact) mass is 529 g/mol. The lowest BCUT2D eigenvalue weighted by Gasteiger charge is -2.32. The summed E-state index contributed by atoms with van der Waals surface area (Å²) in [4.78, 5) is 22.5. The molecule has 6 rings (SSSR count). The smallest absolute Gasteiger partial charge is 0.274 e. The lowest BCUT2D eigenvalue weighted by molar-refractivity contribution is -0.0297. The summed E-state index contributed by atoms with van der Waals surface area (Å²) in [5.41, 5.74) is 4.14. The number of aromatic nitrogens is 6. The fourth-order valence-electron chi connectivity index (χ4n) is 5.11. The molecule has 0 aromatic carbocycles. The van der Waals surface area contributed by atoms with E-state index in [0.29, 0.717) is 36.1 Å². The summed E-state index contributed by atoms with van der Waals surface area (Å²) < 4.78 is 14.7. The molecule has 11 heteroatoms. The zero-order valence-electron chi connectivity index (χ0n) is 22.2. The SMILES string of the molecule is CC1=C(NC(=O)c2cnc3cc(-c4ccn(C)n4)ccn23)CC(C)(c2noc(C3CC(OCCO)C3)n2)C=C1. The number of rotatable bonds is 8. The van der Waals surface area contributed by atoms with Crippen molar-refractivity contribution in [1.29, 1.82) is 0 Å². The van der Waals surface area contributed by atoms with Gasteiger partial charge in [-0.3, -0.25) is 13.9 Å². The molecule has 0 bridgehead atoms. The molecule has 2 aliphatic rings. The Labute approximate surface area is 225 Å². The van der Waals surface area contributed by atoms with Gasteiger partial charge in [-0.15, -0.1) is 0 Å². The van der Waals surface area contributed by atoms with Gasteiger partial charge in [-0.25, -0.2) is 4.98 Å². The van der Waals surface area contributed by atoms with Gasteiger partial charge < -0.3 is 19.7 Å². The minimum Gasteiger partial charge on any atom is -0.394 e. The number of carbonyl (C=O) groups excluding carboxylic acids is 1. The van der Waals surface area contributed by atoms with E-state index in [1.54, 1.807) is 15.3 Å². The van der Waals surface area contributed by atoms with E-state index >= 15 is 0 Å². The summed E-state index contributed by atoms with van der Waals surface area (Å²) in [6.07, 6.45) is 11.6. The lowest BCUT2D eigenvalue weighted by atomic mass is 9.79. The van der Waals surface area contributed by atoms with Crippen LogP contribution in [0.2, 0.25) is 0 Å². The number of nitrogens with zero attached hydrogens (tertiary/aromatic N) is 6. The fraction of sp³-hybridized carbons (Fsp3) is 0.393. The third-order valence-electron chi connectivity index (χ3n) is 7.58. The van der Waals surface area contributed by atoms with Crippen LogP contribution in [0.15, 0.2) is 64.7 Å².